The van der Waals surface area contributed by atoms with Crippen molar-refractivity contribution in [2.45, 2.75) is 19.3 Å². The highest BCUT2D eigenvalue weighted by molar-refractivity contribution is 5.94. The Morgan fingerprint density at radius 2 is 1.58 bits per heavy atom. The van der Waals surface area contributed by atoms with Gasteiger partial charge < -0.3 is 19.6 Å². The standard InChI is InChI=1S/C29H36N6O/c1-32-15-17-33(18-16-32)26-7-5-23(6-8-26)28(36)34-12-9-29(10-13-34)11-14-35(22-29)27-4-2-3-24(19-27)25-20-30-31-21-25/h2-8,19-21H,9-18,22H2,1H3,(H,30,31). The average Bonchev–Trinajstić information content (AvgIpc) is 3.61. The third-order valence-electron chi connectivity index (χ3n) is 8.58. The van der Waals surface area contributed by atoms with E-state index in [-0.39, 0.29) is 5.91 Å². The van der Waals surface area contributed by atoms with Crippen LogP contribution in [-0.4, -0.2) is 85.3 Å². The highest BCUT2D eigenvalue weighted by Crippen LogP contribution is 2.42. The molecule has 3 saturated heterocycles. The number of nitrogens with zero attached hydrogens (tertiary/aromatic N) is 5. The first kappa shape index (κ1) is 23.1. The number of hydrogen-bond acceptors (Lipinski definition) is 5. The Bertz CT molecular complexity index is 1170. The molecule has 1 aromatic heterocycles. The Morgan fingerprint density at radius 1 is 0.833 bits per heavy atom. The number of H-pyrrole nitrogens is 1. The van der Waals surface area contributed by atoms with Crippen LogP contribution >= 0.6 is 0 Å². The van der Waals surface area contributed by atoms with Gasteiger partial charge >= 0.3 is 0 Å². The number of carbonyl (C=O) groups is 1. The number of piperazine rings is 1. The van der Waals surface area contributed by atoms with Gasteiger partial charge in [-0.1, -0.05) is 12.1 Å². The van der Waals surface area contributed by atoms with Crippen LogP contribution in [0.3, 0.4) is 0 Å². The normalized spacial score (nSPS) is 20.3. The van der Waals surface area contributed by atoms with Crippen LogP contribution in [0.2, 0.25) is 0 Å². The van der Waals surface area contributed by atoms with Crippen LogP contribution in [0.1, 0.15) is 29.6 Å². The van der Waals surface area contributed by atoms with Crippen molar-refractivity contribution in [2.75, 3.05) is 69.2 Å². The molecule has 1 amide bonds. The Hall–Kier alpha value is -3.32. The zero-order valence-electron chi connectivity index (χ0n) is 21.2. The summed E-state index contributed by atoms with van der Waals surface area (Å²) in [7, 11) is 2.17. The number of aromatic nitrogens is 2. The van der Waals surface area contributed by atoms with Gasteiger partial charge in [0.1, 0.15) is 0 Å². The zero-order chi connectivity index (χ0) is 24.5. The lowest BCUT2D eigenvalue weighted by Crippen LogP contribution is -2.44. The molecule has 1 N–H and O–H groups in total. The number of likely N-dealkylation sites (N-methyl/N-ethyl adjacent to an activating group) is 1. The van der Waals surface area contributed by atoms with E-state index in [4.69, 9.17) is 0 Å². The van der Waals surface area contributed by atoms with Crippen molar-refractivity contribution >= 4 is 17.3 Å². The van der Waals surface area contributed by atoms with E-state index in [1.807, 2.05) is 24.5 Å². The van der Waals surface area contributed by atoms with E-state index in [1.165, 1.54) is 23.4 Å². The number of benzene rings is 2. The Kier molecular flexibility index (Phi) is 6.17. The van der Waals surface area contributed by atoms with E-state index in [9.17, 15) is 4.79 Å². The van der Waals surface area contributed by atoms with Gasteiger partial charge in [-0.25, -0.2) is 0 Å². The van der Waals surface area contributed by atoms with Crippen LogP contribution in [0, 0.1) is 5.41 Å². The Labute approximate surface area is 213 Å². The summed E-state index contributed by atoms with van der Waals surface area (Å²) in [4.78, 5) is 22.6. The number of amides is 1. The molecule has 0 bridgehead atoms. The fourth-order valence-electron chi connectivity index (χ4n) is 6.10. The summed E-state index contributed by atoms with van der Waals surface area (Å²) in [6.07, 6.45) is 7.17. The second-order valence-corrected chi connectivity index (χ2v) is 10.8. The third-order valence-corrected chi connectivity index (χ3v) is 8.58. The van der Waals surface area contributed by atoms with Gasteiger partial charge in [0.2, 0.25) is 0 Å². The van der Waals surface area contributed by atoms with Crippen molar-refractivity contribution in [1.29, 1.82) is 0 Å². The van der Waals surface area contributed by atoms with Crippen molar-refractivity contribution in [3.63, 3.8) is 0 Å². The molecule has 3 aliphatic rings. The van der Waals surface area contributed by atoms with Gasteiger partial charge in [0.15, 0.2) is 0 Å². The maximum atomic E-state index is 13.3. The smallest absolute Gasteiger partial charge is 0.253 e. The van der Waals surface area contributed by atoms with Crippen LogP contribution in [0.25, 0.3) is 11.1 Å². The number of piperidine rings is 1. The molecule has 7 nitrogen and oxygen atoms in total. The van der Waals surface area contributed by atoms with Crippen LogP contribution in [-0.2, 0) is 0 Å². The van der Waals surface area contributed by atoms with Crippen molar-refractivity contribution < 1.29 is 4.79 Å². The quantitative estimate of drug-likeness (QED) is 0.608. The fourth-order valence-corrected chi connectivity index (χ4v) is 6.10. The predicted octanol–water partition coefficient (Wildman–Crippen LogP) is 3.96. The molecule has 4 heterocycles. The SMILES string of the molecule is CN1CCN(c2ccc(C(=O)N3CCC4(CC3)CCN(c3cccc(-c5cn[nH]c5)c3)C4)cc2)CC1. The largest absolute Gasteiger partial charge is 0.371 e. The van der Waals surface area contributed by atoms with E-state index in [0.29, 0.717) is 5.41 Å². The number of rotatable bonds is 4. The van der Waals surface area contributed by atoms with E-state index >= 15 is 0 Å². The van der Waals surface area contributed by atoms with Gasteiger partial charge in [-0.15, -0.1) is 0 Å². The molecule has 0 saturated carbocycles. The molecule has 188 valence electrons. The van der Waals surface area contributed by atoms with Gasteiger partial charge in [-0.05, 0) is 73.7 Å². The van der Waals surface area contributed by atoms with E-state index in [1.54, 1.807) is 0 Å². The second-order valence-electron chi connectivity index (χ2n) is 10.8. The Balaban J connectivity index is 1.05. The van der Waals surface area contributed by atoms with Gasteiger partial charge in [-0.2, -0.15) is 5.10 Å². The summed E-state index contributed by atoms with van der Waals surface area (Å²) < 4.78 is 0. The Morgan fingerprint density at radius 3 is 2.31 bits per heavy atom. The minimum absolute atomic E-state index is 0.178. The van der Waals surface area contributed by atoms with Gasteiger partial charge in [0.25, 0.3) is 5.91 Å². The van der Waals surface area contributed by atoms with E-state index in [0.717, 1.165) is 76.3 Å². The van der Waals surface area contributed by atoms with Gasteiger partial charge in [0.05, 0.1) is 6.20 Å². The first-order valence-electron chi connectivity index (χ1n) is 13.3. The minimum atomic E-state index is 0.178. The molecule has 0 aliphatic carbocycles. The van der Waals surface area contributed by atoms with Crippen molar-refractivity contribution in [3.8, 4) is 11.1 Å². The highest BCUT2D eigenvalue weighted by atomic mass is 16.2. The molecular formula is C29H36N6O. The maximum absolute atomic E-state index is 13.3. The lowest BCUT2D eigenvalue weighted by molar-refractivity contribution is 0.0610. The van der Waals surface area contributed by atoms with Crippen LogP contribution in [0.5, 0.6) is 0 Å². The highest BCUT2D eigenvalue weighted by Gasteiger charge is 2.41. The van der Waals surface area contributed by atoms with Crippen molar-refractivity contribution in [1.82, 2.24) is 20.0 Å². The molecule has 0 atom stereocenters. The molecule has 6 rings (SSSR count). The van der Waals surface area contributed by atoms with Crippen LogP contribution in [0.4, 0.5) is 11.4 Å². The fraction of sp³-hybridized carbons (Fsp3) is 0.448. The molecule has 0 unspecified atom stereocenters. The number of likely N-dealkylation sites (tertiary alicyclic amines) is 1. The zero-order valence-corrected chi connectivity index (χ0v) is 21.2. The average molecular weight is 485 g/mol. The van der Waals surface area contributed by atoms with Crippen molar-refractivity contribution in [3.05, 3.63) is 66.5 Å². The first-order chi connectivity index (χ1) is 17.6. The lowest BCUT2D eigenvalue weighted by Gasteiger charge is -2.39. The number of carbonyl (C=O) groups excluding carboxylic acids is 1. The molecule has 3 fully saturated rings. The molecule has 7 heteroatoms. The van der Waals surface area contributed by atoms with Crippen LogP contribution in [0.15, 0.2) is 60.9 Å². The van der Waals surface area contributed by atoms with E-state index < -0.39 is 0 Å². The number of nitrogens with one attached hydrogen (secondary N) is 1. The molecule has 3 aliphatic heterocycles. The summed E-state index contributed by atoms with van der Waals surface area (Å²) >= 11 is 0. The third kappa shape index (κ3) is 4.60. The van der Waals surface area contributed by atoms with Crippen LogP contribution < -0.4 is 9.80 Å². The number of anilines is 2. The molecular weight excluding hydrogens is 448 g/mol. The van der Waals surface area contributed by atoms with Gasteiger partial charge in [-0.3, -0.25) is 9.89 Å². The summed E-state index contributed by atoms with van der Waals surface area (Å²) in [5, 5.41) is 7.00. The first-order valence-corrected chi connectivity index (χ1v) is 13.3. The van der Waals surface area contributed by atoms with Crippen molar-refractivity contribution in [2.24, 2.45) is 5.41 Å². The summed E-state index contributed by atoms with van der Waals surface area (Å²) in [5.74, 6) is 0.178. The monoisotopic (exact) mass is 484 g/mol. The molecule has 36 heavy (non-hydrogen) atoms. The molecule has 0 radical (unpaired) electrons. The number of hydrogen-bond donors (Lipinski definition) is 1. The lowest BCUT2D eigenvalue weighted by atomic mass is 9.77. The predicted molar refractivity (Wildman–Crippen MR) is 145 cm³/mol. The summed E-state index contributed by atoms with van der Waals surface area (Å²) in [6, 6.07) is 17.0. The number of aromatic amines is 1. The summed E-state index contributed by atoms with van der Waals surface area (Å²) in [5.41, 5.74) is 5.95. The molecule has 3 aromatic rings. The minimum Gasteiger partial charge on any atom is -0.371 e. The second kappa shape index (κ2) is 9.62. The summed E-state index contributed by atoms with van der Waals surface area (Å²) in [6.45, 7) is 8.11. The topological polar surface area (TPSA) is 58.7 Å². The maximum Gasteiger partial charge on any atom is 0.253 e. The van der Waals surface area contributed by atoms with Gasteiger partial charge in [0, 0.05) is 81.1 Å². The van der Waals surface area contributed by atoms with E-state index in [2.05, 4.69) is 73.2 Å². The molecule has 2 aromatic carbocycles. The molecule has 1 spiro atoms.